The van der Waals surface area contributed by atoms with Gasteiger partial charge in [-0.2, -0.15) is 5.26 Å². The molecule has 2 heterocycles. The smallest absolute Gasteiger partial charge is 0.339 e. The van der Waals surface area contributed by atoms with Crippen molar-refractivity contribution in [3.05, 3.63) is 119 Å². The van der Waals surface area contributed by atoms with E-state index in [-0.39, 0.29) is 5.97 Å². The van der Waals surface area contributed by atoms with E-state index in [2.05, 4.69) is 11.1 Å². The highest BCUT2D eigenvalue weighted by molar-refractivity contribution is 5.91. The summed E-state index contributed by atoms with van der Waals surface area (Å²) in [4.78, 5) is 15.2. The van der Waals surface area contributed by atoms with Crippen LogP contribution in [0.25, 0.3) is 0 Å². The largest absolute Gasteiger partial charge is 0.462 e. The van der Waals surface area contributed by atoms with Crippen LogP contribution in [0.15, 0.2) is 91.5 Å². The molecule has 4 aromatic rings. The standard InChI is InChI=1S/C22H20N2O2.C4H5N/c1-2-26-22(25)21-16-24(14-19-10-8-18(13-23)9-11-19)15-20(21)12-17-6-4-3-5-7-17;1-2-4-5-3-1/h3-11,15-16H,2,12,14H2,1H3;1-5H. The lowest BCUT2D eigenvalue weighted by Crippen LogP contribution is -2.06. The number of hydrogen-bond acceptors (Lipinski definition) is 3. The van der Waals surface area contributed by atoms with Gasteiger partial charge in [-0.1, -0.05) is 42.5 Å². The fourth-order valence-electron chi connectivity index (χ4n) is 3.17. The zero-order valence-electron chi connectivity index (χ0n) is 17.5. The van der Waals surface area contributed by atoms with Crippen molar-refractivity contribution in [3.8, 4) is 6.07 Å². The van der Waals surface area contributed by atoms with Crippen molar-refractivity contribution >= 4 is 5.97 Å². The molecule has 0 aliphatic heterocycles. The van der Waals surface area contributed by atoms with Crippen LogP contribution in [0.3, 0.4) is 0 Å². The highest BCUT2D eigenvalue weighted by Gasteiger charge is 2.16. The van der Waals surface area contributed by atoms with E-state index in [1.807, 2.05) is 90.9 Å². The lowest BCUT2D eigenvalue weighted by Gasteiger charge is -2.03. The normalized spacial score (nSPS) is 9.94. The van der Waals surface area contributed by atoms with Crippen LogP contribution in [0, 0.1) is 11.3 Å². The molecule has 5 heteroatoms. The SMILES string of the molecule is CCOC(=O)c1cn(Cc2ccc(C#N)cc2)cc1Cc1ccccc1.c1cc[nH]c1. The number of nitrogens with zero attached hydrogens (tertiary/aromatic N) is 2. The molecule has 0 atom stereocenters. The third kappa shape index (κ3) is 6.48. The fourth-order valence-corrected chi connectivity index (χ4v) is 3.17. The molecule has 0 amide bonds. The lowest BCUT2D eigenvalue weighted by atomic mass is 10.0. The van der Waals surface area contributed by atoms with Gasteiger partial charge in [-0.05, 0) is 54.3 Å². The predicted molar refractivity (Wildman–Crippen MR) is 121 cm³/mol. The van der Waals surface area contributed by atoms with Gasteiger partial charge in [-0.15, -0.1) is 0 Å². The Balaban J connectivity index is 0.000000478. The van der Waals surface area contributed by atoms with E-state index in [1.165, 1.54) is 0 Å². The van der Waals surface area contributed by atoms with Gasteiger partial charge in [0.05, 0.1) is 23.8 Å². The molecule has 0 aliphatic rings. The summed E-state index contributed by atoms with van der Waals surface area (Å²) in [5.74, 6) is -0.294. The van der Waals surface area contributed by atoms with E-state index >= 15 is 0 Å². The summed E-state index contributed by atoms with van der Waals surface area (Å²) in [5, 5.41) is 8.90. The molecule has 0 saturated heterocycles. The van der Waals surface area contributed by atoms with Crippen molar-refractivity contribution in [1.82, 2.24) is 9.55 Å². The van der Waals surface area contributed by atoms with E-state index < -0.39 is 0 Å². The predicted octanol–water partition coefficient (Wildman–Crippen LogP) is 5.19. The Labute approximate surface area is 182 Å². The Bertz CT molecular complexity index is 1090. The quantitative estimate of drug-likeness (QED) is 0.444. The van der Waals surface area contributed by atoms with Crippen LogP contribution in [0.4, 0.5) is 0 Å². The number of benzene rings is 2. The summed E-state index contributed by atoms with van der Waals surface area (Å²) < 4.78 is 7.20. The fraction of sp³-hybridized carbons (Fsp3) is 0.154. The maximum absolute atomic E-state index is 12.3. The van der Waals surface area contributed by atoms with Gasteiger partial charge >= 0.3 is 5.97 Å². The van der Waals surface area contributed by atoms with Crippen LogP contribution in [-0.4, -0.2) is 22.1 Å². The number of carbonyl (C=O) groups excluding carboxylic acids is 1. The van der Waals surface area contributed by atoms with Crippen molar-refractivity contribution in [2.45, 2.75) is 19.9 Å². The first-order chi connectivity index (χ1) is 15.2. The third-order valence-electron chi connectivity index (χ3n) is 4.64. The number of hydrogen-bond donors (Lipinski definition) is 1. The molecule has 2 aromatic heterocycles. The molecule has 0 radical (unpaired) electrons. The second-order valence-corrected chi connectivity index (χ2v) is 6.95. The number of nitrogens with one attached hydrogen (secondary N) is 1. The topological polar surface area (TPSA) is 70.8 Å². The van der Waals surface area contributed by atoms with E-state index in [0.717, 1.165) is 16.7 Å². The van der Waals surface area contributed by atoms with Crippen LogP contribution in [0.1, 0.15) is 39.5 Å². The number of aromatic nitrogens is 2. The number of carbonyl (C=O) groups is 1. The van der Waals surface area contributed by atoms with Crippen molar-refractivity contribution < 1.29 is 9.53 Å². The van der Waals surface area contributed by atoms with Crippen molar-refractivity contribution in [2.24, 2.45) is 0 Å². The maximum atomic E-state index is 12.3. The monoisotopic (exact) mass is 411 g/mol. The Hall–Kier alpha value is -4.04. The summed E-state index contributed by atoms with van der Waals surface area (Å²) in [6.45, 7) is 2.79. The summed E-state index contributed by atoms with van der Waals surface area (Å²) >= 11 is 0. The van der Waals surface area contributed by atoms with Gasteiger partial charge in [0, 0.05) is 31.3 Å². The second kappa shape index (κ2) is 11.2. The van der Waals surface area contributed by atoms with Crippen LogP contribution >= 0.6 is 0 Å². The van der Waals surface area contributed by atoms with Crippen molar-refractivity contribution in [2.75, 3.05) is 6.61 Å². The zero-order valence-corrected chi connectivity index (χ0v) is 17.5. The molecular formula is C26H25N3O2. The highest BCUT2D eigenvalue weighted by Crippen LogP contribution is 2.18. The molecular weight excluding hydrogens is 386 g/mol. The van der Waals surface area contributed by atoms with E-state index in [1.54, 1.807) is 12.1 Å². The third-order valence-corrected chi connectivity index (χ3v) is 4.64. The summed E-state index contributed by atoms with van der Waals surface area (Å²) in [5.41, 5.74) is 4.40. The van der Waals surface area contributed by atoms with Crippen molar-refractivity contribution in [1.29, 1.82) is 5.26 Å². The van der Waals surface area contributed by atoms with Gasteiger partial charge in [0.1, 0.15) is 0 Å². The molecule has 4 rings (SSSR count). The molecule has 2 aromatic carbocycles. The molecule has 1 N–H and O–H groups in total. The van der Waals surface area contributed by atoms with E-state index in [9.17, 15) is 4.79 Å². The minimum atomic E-state index is -0.294. The number of aromatic amines is 1. The van der Waals surface area contributed by atoms with Crippen LogP contribution < -0.4 is 0 Å². The molecule has 0 fully saturated rings. The molecule has 0 saturated carbocycles. The Kier molecular flexibility index (Phi) is 7.84. The van der Waals surface area contributed by atoms with Gasteiger partial charge in [-0.25, -0.2) is 4.79 Å². The zero-order chi connectivity index (χ0) is 21.9. The molecule has 156 valence electrons. The molecule has 0 spiro atoms. The summed E-state index contributed by atoms with van der Waals surface area (Å²) in [6.07, 6.45) is 8.27. The van der Waals surface area contributed by atoms with E-state index in [4.69, 9.17) is 10.00 Å². The number of ether oxygens (including phenoxy) is 1. The number of rotatable bonds is 6. The maximum Gasteiger partial charge on any atom is 0.339 e. The molecule has 31 heavy (non-hydrogen) atoms. The number of nitriles is 1. The number of esters is 1. The Morgan fingerprint density at radius 1 is 0.968 bits per heavy atom. The summed E-state index contributed by atoms with van der Waals surface area (Å²) in [7, 11) is 0. The van der Waals surface area contributed by atoms with Crippen molar-refractivity contribution in [3.63, 3.8) is 0 Å². The van der Waals surface area contributed by atoms with Crippen LogP contribution in [-0.2, 0) is 17.7 Å². The summed E-state index contributed by atoms with van der Waals surface area (Å²) in [6, 6.07) is 23.5. The minimum Gasteiger partial charge on any atom is -0.462 e. The molecule has 5 nitrogen and oxygen atoms in total. The molecule has 0 bridgehead atoms. The lowest BCUT2D eigenvalue weighted by molar-refractivity contribution is 0.0525. The Morgan fingerprint density at radius 2 is 1.68 bits per heavy atom. The van der Waals surface area contributed by atoms with Gasteiger partial charge in [0.15, 0.2) is 0 Å². The minimum absolute atomic E-state index is 0.294. The molecule has 0 aliphatic carbocycles. The van der Waals surface area contributed by atoms with Gasteiger partial charge in [0.2, 0.25) is 0 Å². The molecule has 0 unspecified atom stereocenters. The average Bonchev–Trinajstić information content (AvgIpc) is 3.49. The first-order valence-electron chi connectivity index (χ1n) is 10.2. The average molecular weight is 412 g/mol. The number of H-pyrrole nitrogens is 1. The van der Waals surface area contributed by atoms with Gasteiger partial charge in [-0.3, -0.25) is 0 Å². The Morgan fingerprint density at radius 3 is 2.26 bits per heavy atom. The highest BCUT2D eigenvalue weighted by atomic mass is 16.5. The first kappa shape index (κ1) is 21.7. The van der Waals surface area contributed by atoms with Gasteiger partial charge in [0.25, 0.3) is 0 Å². The first-order valence-corrected chi connectivity index (χ1v) is 10.2. The van der Waals surface area contributed by atoms with Crippen LogP contribution in [0.2, 0.25) is 0 Å². The van der Waals surface area contributed by atoms with E-state index in [0.29, 0.717) is 30.7 Å². The van der Waals surface area contributed by atoms with Gasteiger partial charge < -0.3 is 14.3 Å². The van der Waals surface area contributed by atoms with Crippen LogP contribution in [0.5, 0.6) is 0 Å². The second-order valence-electron chi connectivity index (χ2n) is 6.95.